The number of hydrogen-bond donors (Lipinski definition) is 3. The first-order valence-electron chi connectivity index (χ1n) is 11.9. The fraction of sp³-hybridized carbons (Fsp3) is 0.276. The van der Waals surface area contributed by atoms with Crippen LogP contribution in [0.25, 0.3) is 0 Å². The van der Waals surface area contributed by atoms with Crippen molar-refractivity contribution in [3.8, 4) is 5.75 Å². The highest BCUT2D eigenvalue weighted by atomic mass is 16.5. The molecule has 0 radical (unpaired) electrons. The van der Waals surface area contributed by atoms with Gasteiger partial charge in [0.2, 0.25) is 0 Å². The minimum Gasteiger partial charge on any atom is -0.493 e. The summed E-state index contributed by atoms with van der Waals surface area (Å²) in [6, 6.07) is 20.6. The van der Waals surface area contributed by atoms with Crippen molar-refractivity contribution in [1.29, 1.82) is 0 Å². The summed E-state index contributed by atoms with van der Waals surface area (Å²) in [6.45, 7) is 11.1. The van der Waals surface area contributed by atoms with Crippen molar-refractivity contribution >= 4 is 23.4 Å². The molecule has 0 aliphatic heterocycles. The van der Waals surface area contributed by atoms with Crippen LogP contribution in [0.4, 0.5) is 5.69 Å². The smallest absolute Gasteiger partial charge is 0.269 e. The molecule has 7 nitrogen and oxygen atoms in total. The van der Waals surface area contributed by atoms with E-state index in [9.17, 15) is 14.4 Å². The number of ether oxygens (including phenoxy) is 1. The maximum Gasteiger partial charge on any atom is 0.269 e. The molecule has 3 rings (SSSR count). The van der Waals surface area contributed by atoms with E-state index in [4.69, 9.17) is 4.74 Å². The summed E-state index contributed by atoms with van der Waals surface area (Å²) < 4.78 is 5.61. The minimum absolute atomic E-state index is 0.0115. The Kier molecular flexibility index (Phi) is 8.48. The summed E-state index contributed by atoms with van der Waals surface area (Å²) in [5.41, 5.74) is 7.79. The van der Waals surface area contributed by atoms with Crippen LogP contribution < -0.4 is 20.9 Å². The van der Waals surface area contributed by atoms with Gasteiger partial charge in [0.25, 0.3) is 17.7 Å². The molecular formula is C29H33N3O4. The van der Waals surface area contributed by atoms with E-state index in [-0.39, 0.29) is 11.3 Å². The standard InChI is InChI=1S/C29H33N3O4/c1-19(2)18-36-25-16-10-22(11-17-25)28(35)32-31-27(34)21-8-14-24(15-9-21)30-26(33)20-6-12-23(13-7-20)29(3,4)5/h6-17,19H,18H2,1-5H3,(H,30,33)(H,31,34)(H,32,35). The summed E-state index contributed by atoms with van der Waals surface area (Å²) in [4.78, 5) is 37.3. The fourth-order valence-corrected chi connectivity index (χ4v) is 3.25. The zero-order chi connectivity index (χ0) is 26.3. The molecular weight excluding hydrogens is 454 g/mol. The van der Waals surface area contributed by atoms with Crippen molar-refractivity contribution in [3.63, 3.8) is 0 Å². The topological polar surface area (TPSA) is 96.5 Å². The number of hydrogen-bond acceptors (Lipinski definition) is 4. The average Bonchev–Trinajstić information content (AvgIpc) is 2.86. The van der Waals surface area contributed by atoms with Crippen molar-refractivity contribution in [3.05, 3.63) is 95.1 Å². The molecule has 0 aliphatic carbocycles. The summed E-state index contributed by atoms with van der Waals surface area (Å²) in [5.74, 6) is -0.0748. The van der Waals surface area contributed by atoms with Crippen LogP contribution in [0, 0.1) is 5.92 Å². The Labute approximate surface area is 212 Å². The second-order valence-electron chi connectivity index (χ2n) is 10.00. The summed E-state index contributed by atoms with van der Waals surface area (Å²) >= 11 is 0. The number of anilines is 1. The lowest BCUT2D eigenvalue weighted by Crippen LogP contribution is -2.41. The molecule has 3 N–H and O–H groups in total. The maximum atomic E-state index is 12.5. The van der Waals surface area contributed by atoms with Gasteiger partial charge >= 0.3 is 0 Å². The monoisotopic (exact) mass is 487 g/mol. The van der Waals surface area contributed by atoms with E-state index in [2.05, 4.69) is 50.8 Å². The van der Waals surface area contributed by atoms with Crippen LogP contribution >= 0.6 is 0 Å². The number of carbonyl (C=O) groups is 3. The Morgan fingerprint density at radius 1 is 0.694 bits per heavy atom. The second-order valence-corrected chi connectivity index (χ2v) is 10.00. The highest BCUT2D eigenvalue weighted by Gasteiger charge is 2.15. The molecule has 0 saturated heterocycles. The quantitative estimate of drug-likeness (QED) is 0.392. The van der Waals surface area contributed by atoms with Gasteiger partial charge in [0.1, 0.15) is 5.75 Å². The number of benzene rings is 3. The van der Waals surface area contributed by atoms with Gasteiger partial charge in [-0.25, -0.2) is 0 Å². The molecule has 0 spiro atoms. The van der Waals surface area contributed by atoms with Crippen LogP contribution in [0.5, 0.6) is 5.75 Å². The molecule has 0 atom stereocenters. The van der Waals surface area contributed by atoms with Gasteiger partial charge in [0.15, 0.2) is 0 Å². The van der Waals surface area contributed by atoms with Gasteiger partial charge < -0.3 is 10.1 Å². The number of rotatable bonds is 7. The van der Waals surface area contributed by atoms with Crippen molar-refractivity contribution in [1.82, 2.24) is 10.9 Å². The lowest BCUT2D eigenvalue weighted by Gasteiger charge is -2.19. The molecule has 36 heavy (non-hydrogen) atoms. The van der Waals surface area contributed by atoms with Crippen molar-refractivity contribution < 1.29 is 19.1 Å². The largest absolute Gasteiger partial charge is 0.493 e. The third kappa shape index (κ3) is 7.43. The maximum absolute atomic E-state index is 12.5. The van der Waals surface area contributed by atoms with E-state index in [0.717, 1.165) is 5.56 Å². The molecule has 0 bridgehead atoms. The zero-order valence-corrected chi connectivity index (χ0v) is 21.3. The van der Waals surface area contributed by atoms with Gasteiger partial charge in [0, 0.05) is 22.4 Å². The van der Waals surface area contributed by atoms with Crippen LogP contribution in [-0.2, 0) is 5.41 Å². The zero-order valence-electron chi connectivity index (χ0n) is 21.3. The van der Waals surface area contributed by atoms with Gasteiger partial charge in [-0.15, -0.1) is 0 Å². The first-order chi connectivity index (χ1) is 17.0. The Morgan fingerprint density at radius 3 is 1.61 bits per heavy atom. The Morgan fingerprint density at radius 2 is 1.14 bits per heavy atom. The molecule has 0 aliphatic rings. The van der Waals surface area contributed by atoms with Crippen molar-refractivity contribution in [2.75, 3.05) is 11.9 Å². The number of amides is 3. The molecule has 0 aromatic heterocycles. The lowest BCUT2D eigenvalue weighted by atomic mass is 9.87. The van der Waals surface area contributed by atoms with E-state index in [1.807, 2.05) is 12.1 Å². The van der Waals surface area contributed by atoms with Gasteiger partial charge in [-0.3, -0.25) is 25.2 Å². The second kappa shape index (κ2) is 11.5. The molecule has 0 saturated carbocycles. The predicted octanol–water partition coefficient (Wildman–Crippen LogP) is 5.35. The van der Waals surface area contributed by atoms with Crippen LogP contribution in [0.1, 0.15) is 71.3 Å². The molecule has 0 heterocycles. The Balaban J connectivity index is 1.51. The predicted molar refractivity (Wildman–Crippen MR) is 141 cm³/mol. The van der Waals surface area contributed by atoms with Gasteiger partial charge in [0.05, 0.1) is 6.61 Å². The Bertz CT molecular complexity index is 1190. The fourth-order valence-electron chi connectivity index (χ4n) is 3.25. The van der Waals surface area contributed by atoms with Crippen LogP contribution in [0.3, 0.4) is 0 Å². The normalized spacial score (nSPS) is 11.1. The van der Waals surface area contributed by atoms with Gasteiger partial charge in [-0.1, -0.05) is 46.8 Å². The summed E-state index contributed by atoms with van der Waals surface area (Å²) in [6.07, 6.45) is 0. The van der Waals surface area contributed by atoms with E-state index in [0.29, 0.717) is 40.7 Å². The first-order valence-corrected chi connectivity index (χ1v) is 11.9. The molecule has 7 heteroatoms. The van der Waals surface area contributed by atoms with Crippen LogP contribution in [0.15, 0.2) is 72.8 Å². The van der Waals surface area contributed by atoms with E-state index in [1.165, 1.54) is 0 Å². The molecule has 188 valence electrons. The third-order valence-electron chi connectivity index (χ3n) is 5.41. The molecule has 0 unspecified atom stereocenters. The average molecular weight is 488 g/mol. The number of hydrazine groups is 1. The summed E-state index contributed by atoms with van der Waals surface area (Å²) in [5, 5.41) is 2.82. The highest BCUT2D eigenvalue weighted by molar-refractivity contribution is 6.04. The van der Waals surface area contributed by atoms with Crippen LogP contribution in [0.2, 0.25) is 0 Å². The first kappa shape index (κ1) is 26.5. The molecule has 0 fully saturated rings. The van der Waals surface area contributed by atoms with E-state index in [1.54, 1.807) is 60.7 Å². The van der Waals surface area contributed by atoms with E-state index >= 15 is 0 Å². The van der Waals surface area contributed by atoms with Crippen LogP contribution in [-0.4, -0.2) is 24.3 Å². The lowest BCUT2D eigenvalue weighted by molar-refractivity contribution is 0.0846. The number of carbonyl (C=O) groups excluding carboxylic acids is 3. The summed E-state index contributed by atoms with van der Waals surface area (Å²) in [7, 11) is 0. The third-order valence-corrected chi connectivity index (χ3v) is 5.41. The molecule has 3 amide bonds. The van der Waals surface area contributed by atoms with E-state index < -0.39 is 11.8 Å². The molecule has 3 aromatic carbocycles. The molecule has 3 aromatic rings. The van der Waals surface area contributed by atoms with Gasteiger partial charge in [-0.05, 0) is 77.6 Å². The number of nitrogens with one attached hydrogen (secondary N) is 3. The van der Waals surface area contributed by atoms with Gasteiger partial charge in [-0.2, -0.15) is 0 Å². The SMILES string of the molecule is CC(C)COc1ccc(C(=O)NNC(=O)c2ccc(NC(=O)c3ccc(C(C)(C)C)cc3)cc2)cc1. The van der Waals surface area contributed by atoms with Crippen molar-refractivity contribution in [2.24, 2.45) is 5.92 Å². The van der Waals surface area contributed by atoms with Crippen molar-refractivity contribution in [2.45, 2.75) is 40.0 Å². The highest BCUT2D eigenvalue weighted by Crippen LogP contribution is 2.22. The minimum atomic E-state index is -0.476. The Hall–Kier alpha value is -4.13.